The van der Waals surface area contributed by atoms with E-state index in [-0.39, 0.29) is 0 Å². The van der Waals surface area contributed by atoms with E-state index < -0.39 is 0 Å². The number of nitrogens with zero attached hydrogens (tertiary/aromatic N) is 1. The summed E-state index contributed by atoms with van der Waals surface area (Å²) in [6.07, 6.45) is 2.63. The Hall–Kier alpha value is -0.780. The second-order valence-electron chi connectivity index (χ2n) is 5.60. The van der Waals surface area contributed by atoms with Crippen LogP contribution in [-0.4, -0.2) is 44.3 Å². The van der Waals surface area contributed by atoms with Gasteiger partial charge in [-0.05, 0) is 66.5 Å². The van der Waals surface area contributed by atoms with E-state index in [1.165, 1.54) is 24.9 Å². The maximum atomic E-state index is 5.67. The Morgan fingerprint density at radius 1 is 1.36 bits per heavy atom. The number of hydrogen-bond acceptors (Lipinski definition) is 4. The maximum Gasteiger partial charge on any atom is 0.174 e. The molecule has 1 N–H and O–H groups in total. The SMILES string of the molecule is CCOc1cc(CNC[C@@H]2CCCN2CC)cc(Br)c1OC. The van der Waals surface area contributed by atoms with Crippen LogP contribution in [0.25, 0.3) is 0 Å². The maximum absolute atomic E-state index is 5.67. The Morgan fingerprint density at radius 2 is 2.18 bits per heavy atom. The quantitative estimate of drug-likeness (QED) is 0.759. The molecule has 5 heteroatoms. The molecule has 0 radical (unpaired) electrons. The van der Waals surface area contributed by atoms with Crippen LogP contribution in [0.1, 0.15) is 32.3 Å². The smallest absolute Gasteiger partial charge is 0.174 e. The summed E-state index contributed by atoms with van der Waals surface area (Å²) in [5.41, 5.74) is 1.21. The van der Waals surface area contributed by atoms with E-state index in [1.807, 2.05) is 6.92 Å². The molecule has 0 saturated carbocycles. The van der Waals surface area contributed by atoms with Crippen molar-refractivity contribution in [1.29, 1.82) is 0 Å². The first kappa shape index (κ1) is 17.6. The van der Waals surface area contributed by atoms with Gasteiger partial charge in [0, 0.05) is 19.1 Å². The average Bonchev–Trinajstić information content (AvgIpc) is 2.95. The van der Waals surface area contributed by atoms with E-state index in [9.17, 15) is 0 Å². The van der Waals surface area contributed by atoms with E-state index in [1.54, 1.807) is 7.11 Å². The molecule has 0 unspecified atom stereocenters. The van der Waals surface area contributed by atoms with Gasteiger partial charge in [0.1, 0.15) is 0 Å². The number of hydrogen-bond donors (Lipinski definition) is 1. The summed E-state index contributed by atoms with van der Waals surface area (Å²) < 4.78 is 12.0. The monoisotopic (exact) mass is 370 g/mol. The lowest BCUT2D eigenvalue weighted by Gasteiger charge is -2.23. The fraction of sp³-hybridized carbons (Fsp3) is 0.647. The van der Waals surface area contributed by atoms with E-state index >= 15 is 0 Å². The van der Waals surface area contributed by atoms with Crippen molar-refractivity contribution >= 4 is 15.9 Å². The lowest BCUT2D eigenvalue weighted by atomic mass is 10.1. The molecule has 1 aliphatic rings. The molecule has 0 bridgehead atoms. The van der Waals surface area contributed by atoms with E-state index in [2.05, 4.69) is 45.2 Å². The minimum atomic E-state index is 0.632. The van der Waals surface area contributed by atoms with Crippen molar-refractivity contribution in [2.45, 2.75) is 39.3 Å². The highest BCUT2D eigenvalue weighted by Crippen LogP contribution is 2.36. The predicted molar refractivity (Wildman–Crippen MR) is 93.8 cm³/mol. The highest BCUT2D eigenvalue weighted by molar-refractivity contribution is 9.10. The van der Waals surface area contributed by atoms with E-state index in [4.69, 9.17) is 9.47 Å². The summed E-state index contributed by atoms with van der Waals surface area (Å²) in [5, 5.41) is 3.58. The predicted octanol–water partition coefficient (Wildman–Crippen LogP) is 3.43. The van der Waals surface area contributed by atoms with Crippen LogP contribution in [0.15, 0.2) is 16.6 Å². The molecule has 0 aliphatic carbocycles. The van der Waals surface area contributed by atoms with Crippen LogP contribution >= 0.6 is 15.9 Å². The number of nitrogens with one attached hydrogen (secondary N) is 1. The molecule has 1 aromatic carbocycles. The molecule has 1 atom stereocenters. The Kier molecular flexibility index (Phi) is 6.99. The first-order chi connectivity index (χ1) is 10.7. The van der Waals surface area contributed by atoms with Crippen molar-refractivity contribution in [2.24, 2.45) is 0 Å². The van der Waals surface area contributed by atoms with Crippen molar-refractivity contribution in [3.8, 4) is 11.5 Å². The van der Waals surface area contributed by atoms with Crippen molar-refractivity contribution in [2.75, 3.05) is 33.4 Å². The fourth-order valence-corrected chi connectivity index (χ4v) is 3.76. The van der Waals surface area contributed by atoms with Gasteiger partial charge in [0.25, 0.3) is 0 Å². The summed E-state index contributed by atoms with van der Waals surface area (Å²) in [6, 6.07) is 4.84. The molecule has 1 aromatic rings. The average molecular weight is 371 g/mol. The molecule has 22 heavy (non-hydrogen) atoms. The lowest BCUT2D eigenvalue weighted by molar-refractivity contribution is 0.260. The van der Waals surface area contributed by atoms with Crippen LogP contribution in [0.2, 0.25) is 0 Å². The zero-order valence-electron chi connectivity index (χ0n) is 13.8. The lowest BCUT2D eigenvalue weighted by Crippen LogP contribution is -2.37. The first-order valence-corrected chi connectivity index (χ1v) is 8.92. The van der Waals surface area contributed by atoms with Gasteiger partial charge < -0.3 is 14.8 Å². The van der Waals surface area contributed by atoms with Crippen molar-refractivity contribution in [1.82, 2.24) is 10.2 Å². The van der Waals surface area contributed by atoms with Gasteiger partial charge in [0.15, 0.2) is 11.5 Å². The molecule has 1 fully saturated rings. The molecule has 2 rings (SSSR count). The first-order valence-electron chi connectivity index (χ1n) is 8.13. The third kappa shape index (κ3) is 4.37. The minimum absolute atomic E-state index is 0.632. The zero-order valence-corrected chi connectivity index (χ0v) is 15.4. The largest absolute Gasteiger partial charge is 0.492 e. The number of likely N-dealkylation sites (N-methyl/N-ethyl adjacent to an activating group) is 1. The molecule has 124 valence electrons. The van der Waals surface area contributed by atoms with Crippen molar-refractivity contribution in [3.05, 3.63) is 22.2 Å². The van der Waals surface area contributed by atoms with Gasteiger partial charge in [-0.2, -0.15) is 0 Å². The van der Waals surface area contributed by atoms with Gasteiger partial charge >= 0.3 is 0 Å². The third-order valence-electron chi connectivity index (χ3n) is 4.19. The van der Waals surface area contributed by atoms with Crippen LogP contribution in [0.3, 0.4) is 0 Å². The molecule has 1 heterocycles. The number of ether oxygens (including phenoxy) is 2. The molecular formula is C17H27BrN2O2. The Bertz CT molecular complexity index is 482. The Labute approximate surface area is 142 Å². The van der Waals surface area contributed by atoms with Crippen LogP contribution in [0.4, 0.5) is 0 Å². The summed E-state index contributed by atoms with van der Waals surface area (Å²) in [7, 11) is 1.67. The van der Waals surface area contributed by atoms with Crippen LogP contribution in [0, 0.1) is 0 Å². The summed E-state index contributed by atoms with van der Waals surface area (Å²) in [6.45, 7) is 9.14. The number of likely N-dealkylation sites (tertiary alicyclic amines) is 1. The van der Waals surface area contributed by atoms with Gasteiger partial charge in [0.2, 0.25) is 0 Å². The standard InChI is InChI=1S/C17H27BrN2O2/c1-4-20-8-6-7-14(20)12-19-11-13-9-15(18)17(21-3)16(10-13)22-5-2/h9-10,14,19H,4-8,11-12H2,1-3H3/t14-/m0/s1. The number of methoxy groups -OCH3 is 1. The van der Waals surface area contributed by atoms with Gasteiger partial charge in [-0.15, -0.1) is 0 Å². The number of halogens is 1. The molecule has 1 saturated heterocycles. The summed E-state index contributed by atoms with van der Waals surface area (Å²) in [4.78, 5) is 2.56. The van der Waals surface area contributed by atoms with Crippen LogP contribution < -0.4 is 14.8 Å². The normalized spacial score (nSPS) is 18.6. The summed E-state index contributed by atoms with van der Waals surface area (Å²) >= 11 is 3.57. The van der Waals surface area contributed by atoms with E-state index in [0.29, 0.717) is 12.6 Å². The third-order valence-corrected chi connectivity index (χ3v) is 4.78. The number of rotatable bonds is 8. The Morgan fingerprint density at radius 3 is 2.86 bits per heavy atom. The highest BCUT2D eigenvalue weighted by atomic mass is 79.9. The van der Waals surface area contributed by atoms with Crippen molar-refractivity contribution < 1.29 is 9.47 Å². The minimum Gasteiger partial charge on any atom is -0.492 e. The van der Waals surface area contributed by atoms with E-state index in [0.717, 1.165) is 35.6 Å². The molecule has 0 aromatic heterocycles. The van der Waals surface area contributed by atoms with Gasteiger partial charge in [0.05, 0.1) is 18.2 Å². The Balaban J connectivity index is 1.95. The molecule has 0 amide bonds. The van der Waals surface area contributed by atoms with Crippen LogP contribution in [0.5, 0.6) is 11.5 Å². The number of benzene rings is 1. The molecular weight excluding hydrogens is 344 g/mol. The molecule has 1 aliphatic heterocycles. The van der Waals surface area contributed by atoms with Crippen LogP contribution in [-0.2, 0) is 6.54 Å². The topological polar surface area (TPSA) is 33.7 Å². The second-order valence-corrected chi connectivity index (χ2v) is 6.45. The van der Waals surface area contributed by atoms with Crippen molar-refractivity contribution in [3.63, 3.8) is 0 Å². The highest BCUT2D eigenvalue weighted by Gasteiger charge is 2.22. The molecule has 4 nitrogen and oxygen atoms in total. The van der Waals surface area contributed by atoms with Gasteiger partial charge in [-0.3, -0.25) is 4.90 Å². The van der Waals surface area contributed by atoms with Gasteiger partial charge in [-0.1, -0.05) is 6.92 Å². The van der Waals surface area contributed by atoms with Gasteiger partial charge in [-0.25, -0.2) is 0 Å². The zero-order chi connectivity index (χ0) is 15.9. The second kappa shape index (κ2) is 8.75. The fourth-order valence-electron chi connectivity index (χ4n) is 3.11. The summed E-state index contributed by atoms with van der Waals surface area (Å²) in [5.74, 6) is 1.56. The molecule has 0 spiro atoms.